The lowest BCUT2D eigenvalue weighted by Crippen LogP contribution is -2.07. The summed E-state index contributed by atoms with van der Waals surface area (Å²) in [6.45, 7) is 6.10. The number of rotatable bonds is 18. The molecule has 1 aromatic heterocycles. The zero-order chi connectivity index (χ0) is 24.3. The zero-order valence-corrected chi connectivity index (χ0v) is 21.3. The Kier molecular flexibility index (Phi) is 14.7. The second kappa shape index (κ2) is 17.9. The molecule has 2 aromatic rings. The van der Waals surface area contributed by atoms with Crippen molar-refractivity contribution in [3.8, 4) is 17.0 Å². The number of ether oxygens (including phenoxy) is 2. The first kappa shape index (κ1) is 27.8. The van der Waals surface area contributed by atoms with Gasteiger partial charge in [0.25, 0.3) is 0 Å². The van der Waals surface area contributed by atoms with Gasteiger partial charge in [0, 0.05) is 25.2 Å². The molecule has 0 aliphatic carbocycles. The Bertz CT molecular complexity index is 812. The predicted molar refractivity (Wildman–Crippen MR) is 141 cm³/mol. The fourth-order valence-electron chi connectivity index (χ4n) is 3.72. The van der Waals surface area contributed by atoms with Crippen LogP contribution in [0.3, 0.4) is 0 Å². The van der Waals surface area contributed by atoms with E-state index in [2.05, 4.69) is 55.2 Å². The molecule has 2 rings (SSSR count). The fourth-order valence-corrected chi connectivity index (χ4v) is 3.72. The molecule has 0 aliphatic heterocycles. The van der Waals surface area contributed by atoms with Gasteiger partial charge in [0.05, 0.1) is 11.9 Å². The number of pyridine rings is 1. The maximum absolute atomic E-state index is 12.1. The van der Waals surface area contributed by atoms with E-state index in [0.717, 1.165) is 56.6 Å². The summed E-state index contributed by atoms with van der Waals surface area (Å²) in [6.07, 6.45) is 18.8. The van der Waals surface area contributed by atoms with Crippen LogP contribution in [0.1, 0.15) is 90.0 Å². The molecule has 0 atom stereocenters. The summed E-state index contributed by atoms with van der Waals surface area (Å²) in [5.74, 6) is 0.281. The minimum absolute atomic E-state index is 0.216. The van der Waals surface area contributed by atoms with Crippen LogP contribution in [0.4, 0.5) is 0 Å². The highest BCUT2D eigenvalue weighted by Crippen LogP contribution is 2.21. The third-order valence-electron chi connectivity index (χ3n) is 5.73. The van der Waals surface area contributed by atoms with Crippen LogP contribution in [0.5, 0.6) is 5.75 Å². The van der Waals surface area contributed by atoms with Crippen LogP contribution in [0, 0.1) is 0 Å². The minimum Gasteiger partial charge on any atom is -0.425 e. The quantitative estimate of drug-likeness (QED) is 0.127. The highest BCUT2D eigenvalue weighted by Gasteiger charge is 2.06. The molecule has 186 valence electrons. The van der Waals surface area contributed by atoms with E-state index in [-0.39, 0.29) is 5.97 Å². The number of hydrogen-bond donors (Lipinski definition) is 0. The van der Waals surface area contributed by atoms with Crippen molar-refractivity contribution in [1.82, 2.24) is 4.98 Å². The van der Waals surface area contributed by atoms with E-state index < -0.39 is 0 Å². The molecular formula is C30H43NO3. The molecule has 0 aliphatic rings. The number of aryl methyl sites for hydroxylation is 1. The minimum atomic E-state index is -0.216. The molecule has 0 saturated heterocycles. The van der Waals surface area contributed by atoms with Crippen LogP contribution in [-0.4, -0.2) is 24.2 Å². The molecule has 34 heavy (non-hydrogen) atoms. The molecule has 4 nitrogen and oxygen atoms in total. The van der Waals surface area contributed by atoms with Crippen molar-refractivity contribution in [2.75, 3.05) is 13.2 Å². The smallest absolute Gasteiger partial charge is 0.311 e. The van der Waals surface area contributed by atoms with E-state index in [9.17, 15) is 4.79 Å². The monoisotopic (exact) mass is 465 g/mol. The highest BCUT2D eigenvalue weighted by molar-refractivity contribution is 5.72. The number of carbonyl (C=O) groups excluding carboxylic acids is 1. The van der Waals surface area contributed by atoms with Crippen LogP contribution in [0.2, 0.25) is 0 Å². The summed E-state index contributed by atoms with van der Waals surface area (Å²) in [5.41, 5.74) is 3.29. The van der Waals surface area contributed by atoms with E-state index >= 15 is 0 Å². The van der Waals surface area contributed by atoms with Gasteiger partial charge in [-0.15, -0.1) is 0 Å². The first-order valence-corrected chi connectivity index (χ1v) is 13.2. The summed E-state index contributed by atoms with van der Waals surface area (Å²) in [7, 11) is 0. The average molecular weight is 466 g/mol. The Balaban J connectivity index is 1.67. The van der Waals surface area contributed by atoms with E-state index in [1.54, 1.807) is 6.20 Å². The number of hydrogen-bond acceptors (Lipinski definition) is 4. The van der Waals surface area contributed by atoms with Crippen LogP contribution in [0.15, 0.2) is 54.7 Å². The largest absolute Gasteiger partial charge is 0.425 e. The van der Waals surface area contributed by atoms with Gasteiger partial charge in [-0.1, -0.05) is 75.9 Å². The molecule has 0 spiro atoms. The SMILES string of the molecule is CCCCCC/C=C/CCC(=O)Oc1ccc(-c2ccc(CCCCCOCCC)cc2)nc1. The number of benzene rings is 1. The van der Waals surface area contributed by atoms with Crippen LogP contribution >= 0.6 is 0 Å². The van der Waals surface area contributed by atoms with Crippen molar-refractivity contribution in [3.05, 3.63) is 60.3 Å². The van der Waals surface area contributed by atoms with Gasteiger partial charge in [-0.05, 0) is 62.6 Å². The molecule has 0 amide bonds. The Morgan fingerprint density at radius 2 is 1.62 bits per heavy atom. The first-order valence-electron chi connectivity index (χ1n) is 13.2. The van der Waals surface area contributed by atoms with Gasteiger partial charge in [-0.2, -0.15) is 0 Å². The van der Waals surface area contributed by atoms with E-state index in [1.165, 1.54) is 44.1 Å². The van der Waals surface area contributed by atoms with E-state index in [4.69, 9.17) is 9.47 Å². The van der Waals surface area contributed by atoms with Crippen molar-refractivity contribution in [3.63, 3.8) is 0 Å². The molecule has 0 radical (unpaired) electrons. The lowest BCUT2D eigenvalue weighted by atomic mass is 10.0. The van der Waals surface area contributed by atoms with Crippen LogP contribution in [0.25, 0.3) is 11.3 Å². The zero-order valence-electron chi connectivity index (χ0n) is 21.3. The molecular weight excluding hydrogens is 422 g/mol. The predicted octanol–water partition coefficient (Wildman–Crippen LogP) is 8.10. The van der Waals surface area contributed by atoms with Gasteiger partial charge < -0.3 is 9.47 Å². The van der Waals surface area contributed by atoms with Gasteiger partial charge in [-0.3, -0.25) is 9.78 Å². The average Bonchev–Trinajstić information content (AvgIpc) is 2.86. The van der Waals surface area contributed by atoms with Gasteiger partial charge in [-0.25, -0.2) is 0 Å². The van der Waals surface area contributed by atoms with Crippen LogP contribution < -0.4 is 4.74 Å². The Morgan fingerprint density at radius 3 is 2.35 bits per heavy atom. The summed E-state index contributed by atoms with van der Waals surface area (Å²) >= 11 is 0. The number of nitrogens with zero attached hydrogens (tertiary/aromatic N) is 1. The molecule has 1 aromatic carbocycles. The molecule has 4 heteroatoms. The summed E-state index contributed by atoms with van der Waals surface area (Å²) in [4.78, 5) is 16.5. The van der Waals surface area contributed by atoms with Crippen molar-refractivity contribution >= 4 is 5.97 Å². The van der Waals surface area contributed by atoms with Crippen molar-refractivity contribution in [2.24, 2.45) is 0 Å². The number of aromatic nitrogens is 1. The lowest BCUT2D eigenvalue weighted by Gasteiger charge is -2.07. The standard InChI is InChI=1S/C30H43NO3/c1-3-5-6-7-8-9-10-13-16-30(32)34-28-21-22-29(31-25-28)27-19-17-26(18-20-27)15-12-11-14-24-33-23-4-2/h9-10,17-22,25H,3-8,11-16,23-24H2,1-2H3/b10-9+. The van der Waals surface area contributed by atoms with Gasteiger partial charge in [0.1, 0.15) is 5.75 Å². The lowest BCUT2D eigenvalue weighted by molar-refractivity contribution is -0.134. The second-order valence-corrected chi connectivity index (χ2v) is 8.83. The first-order chi connectivity index (χ1) is 16.7. The summed E-state index contributed by atoms with van der Waals surface area (Å²) in [5, 5.41) is 0. The summed E-state index contributed by atoms with van der Waals surface area (Å²) < 4.78 is 11.0. The molecule has 1 heterocycles. The van der Waals surface area contributed by atoms with E-state index in [1.807, 2.05) is 12.1 Å². The summed E-state index contributed by atoms with van der Waals surface area (Å²) in [6, 6.07) is 12.3. The molecule has 0 unspecified atom stereocenters. The number of carbonyl (C=O) groups is 1. The van der Waals surface area contributed by atoms with Crippen molar-refractivity contribution in [2.45, 2.75) is 90.9 Å². The maximum Gasteiger partial charge on any atom is 0.311 e. The number of unbranched alkanes of at least 4 members (excludes halogenated alkanes) is 6. The van der Waals surface area contributed by atoms with Crippen molar-refractivity contribution < 1.29 is 14.3 Å². The van der Waals surface area contributed by atoms with Crippen LogP contribution in [-0.2, 0) is 16.0 Å². The normalized spacial score (nSPS) is 11.2. The fraction of sp³-hybridized carbons (Fsp3) is 0.533. The Morgan fingerprint density at radius 1 is 0.824 bits per heavy atom. The maximum atomic E-state index is 12.1. The molecule has 0 N–H and O–H groups in total. The third kappa shape index (κ3) is 12.1. The second-order valence-electron chi connectivity index (χ2n) is 8.83. The molecule has 0 bridgehead atoms. The topological polar surface area (TPSA) is 48.4 Å². The Labute approximate surface area is 206 Å². The highest BCUT2D eigenvalue weighted by atomic mass is 16.5. The van der Waals surface area contributed by atoms with E-state index in [0.29, 0.717) is 12.2 Å². The molecule has 0 saturated carbocycles. The Hall–Kier alpha value is -2.46. The van der Waals surface area contributed by atoms with Gasteiger partial charge in [0.15, 0.2) is 0 Å². The number of esters is 1. The molecule has 0 fully saturated rings. The van der Waals surface area contributed by atoms with Gasteiger partial charge in [0.2, 0.25) is 0 Å². The third-order valence-corrected chi connectivity index (χ3v) is 5.73. The number of allylic oxidation sites excluding steroid dienone is 2. The van der Waals surface area contributed by atoms with Crippen molar-refractivity contribution in [1.29, 1.82) is 0 Å². The van der Waals surface area contributed by atoms with Gasteiger partial charge >= 0.3 is 5.97 Å².